The Labute approximate surface area is 156 Å². The maximum Gasteiger partial charge on any atom is 0.328 e. The minimum Gasteiger partial charge on any atom is -0.493 e. The Morgan fingerprint density at radius 2 is 1.96 bits per heavy atom. The Balaban J connectivity index is 1.77. The van der Waals surface area contributed by atoms with E-state index in [0.29, 0.717) is 29.2 Å². The van der Waals surface area contributed by atoms with E-state index in [1.807, 2.05) is 0 Å². The molecule has 1 aliphatic heterocycles. The fourth-order valence-electron chi connectivity index (χ4n) is 2.71. The summed E-state index contributed by atoms with van der Waals surface area (Å²) in [6, 6.07) is 10.9. The largest absolute Gasteiger partial charge is 0.493 e. The highest BCUT2D eigenvalue weighted by Gasteiger charge is 2.31. The summed E-state index contributed by atoms with van der Waals surface area (Å²) < 4.78 is 24.3. The normalized spacial score (nSPS) is 15.2. The molecule has 1 fully saturated rings. The summed E-state index contributed by atoms with van der Waals surface area (Å²) in [7, 11) is 1.50. The predicted octanol–water partition coefficient (Wildman–Crippen LogP) is 3.33. The number of amides is 3. The molecule has 0 bridgehead atoms. The third-order valence-corrected chi connectivity index (χ3v) is 4.06. The number of carbonyl (C=O) groups excluding carboxylic acids is 2. The lowest BCUT2D eigenvalue weighted by Crippen LogP contribution is -2.30. The molecule has 1 heterocycles. The van der Waals surface area contributed by atoms with Crippen LogP contribution < -0.4 is 14.8 Å². The highest BCUT2D eigenvalue weighted by molar-refractivity contribution is 6.13. The van der Waals surface area contributed by atoms with Gasteiger partial charge in [-0.05, 0) is 48.4 Å². The van der Waals surface area contributed by atoms with Crippen LogP contribution in [0.5, 0.6) is 11.5 Å². The fraction of sp³-hybridized carbons (Fsp3) is 0.200. The average molecular weight is 370 g/mol. The van der Waals surface area contributed by atoms with Gasteiger partial charge in [-0.15, -0.1) is 0 Å². The summed E-state index contributed by atoms with van der Waals surface area (Å²) in [5.41, 5.74) is 1.58. The molecule has 1 N–H and O–H groups in total. The van der Waals surface area contributed by atoms with Crippen molar-refractivity contribution in [1.82, 2.24) is 10.2 Å². The number of urea groups is 1. The minimum atomic E-state index is -0.434. The van der Waals surface area contributed by atoms with Crippen molar-refractivity contribution in [1.29, 1.82) is 0 Å². The van der Waals surface area contributed by atoms with E-state index in [1.165, 1.54) is 19.2 Å². The van der Waals surface area contributed by atoms with Crippen LogP contribution in [-0.2, 0) is 11.4 Å². The first-order valence-corrected chi connectivity index (χ1v) is 8.41. The molecule has 140 valence electrons. The third-order valence-electron chi connectivity index (χ3n) is 4.06. The van der Waals surface area contributed by atoms with Gasteiger partial charge >= 0.3 is 6.03 Å². The first-order chi connectivity index (χ1) is 13.0. The van der Waals surface area contributed by atoms with E-state index in [2.05, 4.69) is 5.32 Å². The van der Waals surface area contributed by atoms with Crippen molar-refractivity contribution >= 4 is 18.0 Å². The molecule has 0 spiro atoms. The van der Waals surface area contributed by atoms with E-state index in [1.54, 1.807) is 43.3 Å². The zero-order valence-corrected chi connectivity index (χ0v) is 15.0. The van der Waals surface area contributed by atoms with Gasteiger partial charge in [0, 0.05) is 6.54 Å². The van der Waals surface area contributed by atoms with Crippen LogP contribution in [0, 0.1) is 5.82 Å². The van der Waals surface area contributed by atoms with Gasteiger partial charge in [-0.1, -0.05) is 18.2 Å². The molecule has 0 atom stereocenters. The second-order valence-electron chi connectivity index (χ2n) is 5.87. The van der Waals surface area contributed by atoms with Crippen molar-refractivity contribution in [2.45, 2.75) is 13.5 Å². The summed E-state index contributed by atoms with van der Waals surface area (Å²) in [5, 5.41) is 2.55. The van der Waals surface area contributed by atoms with Crippen molar-refractivity contribution in [3.63, 3.8) is 0 Å². The van der Waals surface area contributed by atoms with E-state index in [0.717, 1.165) is 4.90 Å². The van der Waals surface area contributed by atoms with Gasteiger partial charge in [-0.25, -0.2) is 9.18 Å². The summed E-state index contributed by atoms with van der Waals surface area (Å²) in [5.74, 6) is 0.257. The molecule has 0 aromatic heterocycles. The Kier molecular flexibility index (Phi) is 5.40. The van der Waals surface area contributed by atoms with Crippen LogP contribution in [0.3, 0.4) is 0 Å². The van der Waals surface area contributed by atoms with Crippen LogP contribution >= 0.6 is 0 Å². The average Bonchev–Trinajstić information content (AvgIpc) is 2.93. The van der Waals surface area contributed by atoms with Crippen molar-refractivity contribution in [2.24, 2.45) is 0 Å². The van der Waals surface area contributed by atoms with Gasteiger partial charge < -0.3 is 14.8 Å². The molecule has 1 aliphatic rings. The Bertz CT molecular complexity index is 911. The van der Waals surface area contributed by atoms with Gasteiger partial charge in [0.15, 0.2) is 11.5 Å². The van der Waals surface area contributed by atoms with Crippen molar-refractivity contribution in [3.8, 4) is 11.5 Å². The zero-order valence-electron chi connectivity index (χ0n) is 15.0. The number of hydrogen-bond donors (Lipinski definition) is 1. The van der Waals surface area contributed by atoms with E-state index in [-0.39, 0.29) is 24.0 Å². The summed E-state index contributed by atoms with van der Waals surface area (Å²) in [4.78, 5) is 25.0. The SMILES string of the molecule is CCN1C(=O)N/C(=C/c2ccc(OCc3cccc(F)c3)c(OC)c2)C1=O. The van der Waals surface area contributed by atoms with Crippen LogP contribution in [0.15, 0.2) is 48.2 Å². The molecular weight excluding hydrogens is 351 g/mol. The second kappa shape index (κ2) is 7.90. The number of carbonyl (C=O) groups is 2. The number of ether oxygens (including phenoxy) is 2. The van der Waals surface area contributed by atoms with Crippen LogP contribution in [0.2, 0.25) is 0 Å². The molecule has 7 heteroatoms. The minimum absolute atomic E-state index is 0.189. The lowest BCUT2D eigenvalue weighted by atomic mass is 10.1. The second-order valence-corrected chi connectivity index (χ2v) is 5.87. The molecule has 0 unspecified atom stereocenters. The number of hydrogen-bond acceptors (Lipinski definition) is 4. The number of methoxy groups -OCH3 is 1. The number of rotatable bonds is 6. The number of likely N-dealkylation sites (N-methyl/N-ethyl adjacent to an activating group) is 1. The summed E-state index contributed by atoms with van der Waals surface area (Å²) in [6.45, 7) is 2.22. The van der Waals surface area contributed by atoms with Crippen molar-refractivity contribution in [2.75, 3.05) is 13.7 Å². The monoisotopic (exact) mass is 370 g/mol. The molecule has 2 aromatic carbocycles. The summed E-state index contributed by atoms with van der Waals surface area (Å²) >= 11 is 0. The van der Waals surface area contributed by atoms with E-state index in [9.17, 15) is 14.0 Å². The molecule has 27 heavy (non-hydrogen) atoms. The van der Waals surface area contributed by atoms with E-state index < -0.39 is 6.03 Å². The molecule has 0 aliphatic carbocycles. The molecule has 3 rings (SSSR count). The van der Waals surface area contributed by atoms with E-state index >= 15 is 0 Å². The molecule has 1 saturated heterocycles. The Morgan fingerprint density at radius 3 is 2.63 bits per heavy atom. The highest BCUT2D eigenvalue weighted by atomic mass is 19.1. The first kappa shape index (κ1) is 18.4. The molecule has 0 radical (unpaired) electrons. The van der Waals surface area contributed by atoms with Crippen LogP contribution in [0.1, 0.15) is 18.1 Å². The third kappa shape index (κ3) is 4.08. The Morgan fingerprint density at radius 1 is 1.15 bits per heavy atom. The van der Waals surface area contributed by atoms with Crippen molar-refractivity contribution in [3.05, 3.63) is 65.1 Å². The number of nitrogens with one attached hydrogen (secondary N) is 1. The smallest absolute Gasteiger partial charge is 0.328 e. The molecule has 0 saturated carbocycles. The highest BCUT2D eigenvalue weighted by Crippen LogP contribution is 2.30. The van der Waals surface area contributed by atoms with Gasteiger partial charge in [-0.2, -0.15) is 0 Å². The maximum absolute atomic E-state index is 13.2. The number of imide groups is 1. The van der Waals surface area contributed by atoms with Gasteiger partial charge in [0.1, 0.15) is 18.1 Å². The van der Waals surface area contributed by atoms with Gasteiger partial charge in [-0.3, -0.25) is 9.69 Å². The molecule has 2 aromatic rings. The van der Waals surface area contributed by atoms with E-state index in [4.69, 9.17) is 9.47 Å². The van der Waals surface area contributed by atoms with Gasteiger partial charge in [0.2, 0.25) is 0 Å². The van der Waals surface area contributed by atoms with Crippen LogP contribution in [0.25, 0.3) is 6.08 Å². The zero-order chi connectivity index (χ0) is 19.4. The number of nitrogens with zero attached hydrogens (tertiary/aromatic N) is 1. The van der Waals surface area contributed by atoms with Crippen LogP contribution in [0.4, 0.5) is 9.18 Å². The van der Waals surface area contributed by atoms with Crippen LogP contribution in [-0.4, -0.2) is 30.5 Å². The molecular formula is C20H19FN2O4. The predicted molar refractivity (Wildman–Crippen MR) is 97.6 cm³/mol. The topological polar surface area (TPSA) is 67.9 Å². The fourth-order valence-corrected chi connectivity index (χ4v) is 2.71. The number of halogens is 1. The molecule has 3 amide bonds. The lowest BCUT2D eigenvalue weighted by molar-refractivity contribution is -0.122. The first-order valence-electron chi connectivity index (χ1n) is 8.41. The molecule has 6 nitrogen and oxygen atoms in total. The quantitative estimate of drug-likeness (QED) is 0.626. The van der Waals surface area contributed by atoms with Crippen molar-refractivity contribution < 1.29 is 23.5 Å². The van der Waals surface area contributed by atoms with Gasteiger partial charge in [0.05, 0.1) is 7.11 Å². The Hall–Kier alpha value is -3.35. The standard InChI is InChI=1S/C20H19FN2O4/c1-3-23-19(24)16(22-20(23)25)10-13-7-8-17(18(11-13)26-2)27-12-14-5-4-6-15(21)9-14/h4-11H,3,12H2,1-2H3,(H,22,25)/b16-10+. The number of benzene rings is 2. The maximum atomic E-state index is 13.2. The van der Waals surface area contributed by atoms with Gasteiger partial charge in [0.25, 0.3) is 5.91 Å². The summed E-state index contributed by atoms with van der Waals surface area (Å²) in [6.07, 6.45) is 1.58. The lowest BCUT2D eigenvalue weighted by Gasteiger charge is -2.11.